The fraction of sp³-hybridized carbons (Fsp3) is 0.278. The molecule has 1 unspecified atom stereocenters. The Morgan fingerprint density at radius 2 is 1.76 bits per heavy atom. The van der Waals surface area contributed by atoms with Crippen LogP contribution in [0.2, 0.25) is 0 Å². The molecule has 0 N–H and O–H groups in total. The Morgan fingerprint density at radius 3 is 2.38 bits per heavy atom. The number of carbonyl (C=O) groups is 1. The second-order valence-corrected chi connectivity index (χ2v) is 5.45. The van der Waals surface area contributed by atoms with Crippen LogP contribution in [0.15, 0.2) is 54.6 Å². The zero-order valence-electron chi connectivity index (χ0n) is 11.8. The summed E-state index contributed by atoms with van der Waals surface area (Å²) in [6, 6.07) is 16.7. The number of rotatable bonds is 4. The summed E-state index contributed by atoms with van der Waals surface area (Å²) >= 11 is 0. The summed E-state index contributed by atoms with van der Waals surface area (Å²) in [5.41, 5.74) is 2.18. The van der Waals surface area contributed by atoms with Gasteiger partial charge in [0.05, 0.1) is 6.04 Å². The summed E-state index contributed by atoms with van der Waals surface area (Å²) in [5, 5.41) is 0. The molecule has 0 spiro atoms. The zero-order valence-corrected chi connectivity index (χ0v) is 11.8. The van der Waals surface area contributed by atoms with Crippen molar-refractivity contribution >= 4 is 5.91 Å². The number of nitrogens with zero attached hydrogens (tertiary/aromatic N) is 1. The van der Waals surface area contributed by atoms with Crippen molar-refractivity contribution in [3.05, 3.63) is 71.5 Å². The highest BCUT2D eigenvalue weighted by atomic mass is 19.1. The summed E-state index contributed by atoms with van der Waals surface area (Å²) in [7, 11) is 0. The van der Waals surface area contributed by atoms with Crippen molar-refractivity contribution in [2.24, 2.45) is 0 Å². The average molecular weight is 283 g/mol. The van der Waals surface area contributed by atoms with E-state index in [2.05, 4.69) is 12.1 Å². The average Bonchev–Trinajstić information content (AvgIpc) is 2.93. The fourth-order valence-corrected chi connectivity index (χ4v) is 2.93. The molecule has 1 atom stereocenters. The lowest BCUT2D eigenvalue weighted by Gasteiger charge is -2.28. The molecule has 1 fully saturated rings. The van der Waals surface area contributed by atoms with Gasteiger partial charge in [-0.15, -0.1) is 0 Å². The van der Waals surface area contributed by atoms with Gasteiger partial charge in [0.2, 0.25) is 5.91 Å². The summed E-state index contributed by atoms with van der Waals surface area (Å²) in [5.74, 6) is -0.0155. The van der Waals surface area contributed by atoms with Gasteiger partial charge in [-0.05, 0) is 36.1 Å². The van der Waals surface area contributed by atoms with Gasteiger partial charge in [0.25, 0.3) is 0 Å². The Hall–Kier alpha value is -2.16. The van der Waals surface area contributed by atoms with Crippen molar-refractivity contribution in [3.63, 3.8) is 0 Å². The lowest BCUT2D eigenvalue weighted by atomic mass is 9.97. The van der Waals surface area contributed by atoms with Crippen LogP contribution < -0.4 is 0 Å². The Morgan fingerprint density at radius 1 is 1.05 bits per heavy atom. The highest BCUT2D eigenvalue weighted by Gasteiger charge is 2.28. The molecule has 0 saturated carbocycles. The number of carbonyl (C=O) groups excluding carboxylic acids is 1. The van der Waals surface area contributed by atoms with Crippen LogP contribution in [-0.2, 0) is 11.2 Å². The molecule has 108 valence electrons. The number of amides is 1. The molecule has 2 aromatic carbocycles. The SMILES string of the molecule is O=C1CCCN1C(Cc1ccc(F)cc1)c1ccccc1. The normalized spacial score (nSPS) is 16.2. The minimum Gasteiger partial charge on any atom is -0.335 e. The topological polar surface area (TPSA) is 20.3 Å². The van der Waals surface area contributed by atoms with E-state index in [4.69, 9.17) is 0 Å². The van der Waals surface area contributed by atoms with Crippen molar-refractivity contribution in [3.8, 4) is 0 Å². The van der Waals surface area contributed by atoms with Crippen molar-refractivity contribution in [2.75, 3.05) is 6.54 Å². The number of likely N-dealkylation sites (tertiary alicyclic amines) is 1. The van der Waals surface area contributed by atoms with Gasteiger partial charge in [-0.25, -0.2) is 4.39 Å². The second kappa shape index (κ2) is 6.08. The van der Waals surface area contributed by atoms with E-state index >= 15 is 0 Å². The quantitative estimate of drug-likeness (QED) is 0.837. The summed E-state index contributed by atoms with van der Waals surface area (Å²) in [4.78, 5) is 14.1. The number of hydrogen-bond donors (Lipinski definition) is 0. The van der Waals surface area contributed by atoms with E-state index in [1.165, 1.54) is 12.1 Å². The molecule has 1 heterocycles. The fourth-order valence-electron chi connectivity index (χ4n) is 2.93. The van der Waals surface area contributed by atoms with Gasteiger partial charge in [-0.2, -0.15) is 0 Å². The van der Waals surface area contributed by atoms with Crippen molar-refractivity contribution in [1.29, 1.82) is 0 Å². The highest BCUT2D eigenvalue weighted by Crippen LogP contribution is 2.29. The lowest BCUT2D eigenvalue weighted by Crippen LogP contribution is -2.31. The first-order valence-corrected chi connectivity index (χ1v) is 7.33. The Labute approximate surface area is 124 Å². The van der Waals surface area contributed by atoms with Crippen LogP contribution >= 0.6 is 0 Å². The van der Waals surface area contributed by atoms with Gasteiger partial charge in [-0.3, -0.25) is 4.79 Å². The van der Waals surface area contributed by atoms with Crippen molar-refractivity contribution in [2.45, 2.75) is 25.3 Å². The van der Waals surface area contributed by atoms with Gasteiger partial charge < -0.3 is 4.90 Å². The monoisotopic (exact) mass is 283 g/mol. The van der Waals surface area contributed by atoms with E-state index < -0.39 is 0 Å². The van der Waals surface area contributed by atoms with Gasteiger partial charge in [0, 0.05) is 13.0 Å². The molecule has 21 heavy (non-hydrogen) atoms. The number of benzene rings is 2. The summed E-state index contributed by atoms with van der Waals surface area (Å²) in [6.07, 6.45) is 2.27. The van der Waals surface area contributed by atoms with Crippen LogP contribution in [0.3, 0.4) is 0 Å². The van der Waals surface area contributed by atoms with Gasteiger partial charge >= 0.3 is 0 Å². The third kappa shape index (κ3) is 3.13. The third-order valence-electron chi connectivity index (χ3n) is 4.01. The maximum absolute atomic E-state index is 13.0. The van der Waals surface area contributed by atoms with Gasteiger partial charge in [0.1, 0.15) is 5.82 Å². The molecule has 1 saturated heterocycles. The minimum absolute atomic E-state index is 0.0339. The Bertz CT molecular complexity index is 609. The molecule has 0 radical (unpaired) electrons. The maximum Gasteiger partial charge on any atom is 0.223 e. The molecule has 1 aliphatic heterocycles. The van der Waals surface area contributed by atoms with Gasteiger partial charge in [0.15, 0.2) is 0 Å². The number of hydrogen-bond acceptors (Lipinski definition) is 1. The molecule has 2 aromatic rings. The first kappa shape index (κ1) is 13.8. The Kier molecular flexibility index (Phi) is 4.00. The molecule has 3 heteroatoms. The lowest BCUT2D eigenvalue weighted by molar-refractivity contribution is -0.129. The van der Waals surface area contributed by atoms with Crippen LogP contribution in [0.1, 0.15) is 30.0 Å². The first-order chi connectivity index (χ1) is 10.2. The summed E-state index contributed by atoms with van der Waals surface area (Å²) < 4.78 is 13.0. The van der Waals surface area contributed by atoms with E-state index in [9.17, 15) is 9.18 Å². The van der Waals surface area contributed by atoms with E-state index in [0.717, 1.165) is 30.5 Å². The second-order valence-electron chi connectivity index (χ2n) is 5.45. The summed E-state index contributed by atoms with van der Waals surface area (Å²) in [6.45, 7) is 0.805. The standard InChI is InChI=1S/C18H18FNO/c19-16-10-8-14(9-11-16)13-17(15-5-2-1-3-6-15)20-12-4-7-18(20)21/h1-3,5-6,8-11,17H,4,7,12-13H2. The minimum atomic E-state index is -0.229. The van der Waals surface area contributed by atoms with Crippen LogP contribution in [0.25, 0.3) is 0 Å². The van der Waals surface area contributed by atoms with Crippen LogP contribution in [0.5, 0.6) is 0 Å². The molecular formula is C18H18FNO. The predicted octanol–water partition coefficient (Wildman–Crippen LogP) is 3.73. The molecule has 3 rings (SSSR count). The molecule has 1 amide bonds. The molecular weight excluding hydrogens is 265 g/mol. The third-order valence-corrected chi connectivity index (χ3v) is 4.01. The van der Waals surface area contributed by atoms with E-state index in [0.29, 0.717) is 6.42 Å². The molecule has 1 aliphatic rings. The Balaban J connectivity index is 1.88. The molecule has 0 bridgehead atoms. The zero-order chi connectivity index (χ0) is 14.7. The number of halogens is 1. The van der Waals surface area contributed by atoms with E-state index in [1.807, 2.05) is 23.1 Å². The smallest absolute Gasteiger partial charge is 0.223 e. The highest BCUT2D eigenvalue weighted by molar-refractivity contribution is 5.78. The predicted molar refractivity (Wildman–Crippen MR) is 80.2 cm³/mol. The first-order valence-electron chi connectivity index (χ1n) is 7.33. The molecule has 2 nitrogen and oxygen atoms in total. The van der Waals surface area contributed by atoms with E-state index in [1.54, 1.807) is 12.1 Å². The van der Waals surface area contributed by atoms with Crippen LogP contribution in [-0.4, -0.2) is 17.4 Å². The van der Waals surface area contributed by atoms with Crippen LogP contribution in [0, 0.1) is 5.82 Å². The maximum atomic E-state index is 13.0. The van der Waals surface area contributed by atoms with Crippen molar-refractivity contribution in [1.82, 2.24) is 4.90 Å². The largest absolute Gasteiger partial charge is 0.335 e. The molecule has 0 aliphatic carbocycles. The van der Waals surface area contributed by atoms with Crippen LogP contribution in [0.4, 0.5) is 4.39 Å². The van der Waals surface area contributed by atoms with Gasteiger partial charge in [-0.1, -0.05) is 42.5 Å². The van der Waals surface area contributed by atoms with E-state index in [-0.39, 0.29) is 17.8 Å². The molecule has 0 aromatic heterocycles. The van der Waals surface area contributed by atoms with Crippen molar-refractivity contribution < 1.29 is 9.18 Å².